The summed E-state index contributed by atoms with van der Waals surface area (Å²) in [6.07, 6.45) is 0.548. The maximum absolute atomic E-state index is 5.76. The van der Waals surface area contributed by atoms with Gasteiger partial charge < -0.3 is 13.9 Å². The van der Waals surface area contributed by atoms with Crippen molar-refractivity contribution in [3.63, 3.8) is 0 Å². The molecule has 3 aromatic rings. The molecule has 0 fully saturated rings. The van der Waals surface area contributed by atoms with E-state index in [1.807, 2.05) is 62.4 Å². The van der Waals surface area contributed by atoms with Crippen LogP contribution in [0.1, 0.15) is 25.3 Å². The van der Waals surface area contributed by atoms with Gasteiger partial charge in [-0.3, -0.25) is 0 Å². The first-order valence-electron chi connectivity index (χ1n) is 8.06. The first-order chi connectivity index (χ1) is 11.8. The third-order valence-corrected chi connectivity index (χ3v) is 3.45. The number of aromatic nitrogens is 2. The number of benzene rings is 2. The van der Waals surface area contributed by atoms with Gasteiger partial charge in [0.25, 0.3) is 0 Å². The Bertz CT molecular complexity index is 784. The van der Waals surface area contributed by atoms with Crippen LogP contribution < -0.4 is 9.47 Å². The molecule has 0 radical (unpaired) electrons. The van der Waals surface area contributed by atoms with E-state index in [0.29, 0.717) is 31.4 Å². The zero-order chi connectivity index (χ0) is 16.8. The molecule has 0 saturated carbocycles. The summed E-state index contributed by atoms with van der Waals surface area (Å²) in [6.45, 7) is 5.09. The molecule has 3 rings (SSSR count). The minimum atomic E-state index is 0.529. The van der Waals surface area contributed by atoms with E-state index in [1.54, 1.807) is 0 Å². The van der Waals surface area contributed by atoms with Crippen molar-refractivity contribution < 1.29 is 13.9 Å². The van der Waals surface area contributed by atoms with Gasteiger partial charge >= 0.3 is 0 Å². The molecule has 0 aliphatic carbocycles. The molecule has 0 N–H and O–H groups in total. The third kappa shape index (κ3) is 3.74. The van der Waals surface area contributed by atoms with E-state index in [2.05, 4.69) is 10.2 Å². The predicted molar refractivity (Wildman–Crippen MR) is 91.3 cm³/mol. The molecule has 0 saturated heterocycles. The molecule has 0 atom stereocenters. The van der Waals surface area contributed by atoms with Crippen LogP contribution in [-0.2, 0) is 6.42 Å². The minimum Gasteiger partial charge on any atom is -0.490 e. The molecule has 0 aliphatic heterocycles. The lowest BCUT2D eigenvalue weighted by Crippen LogP contribution is -1.99. The molecule has 24 heavy (non-hydrogen) atoms. The number of nitrogens with zero attached hydrogens (tertiary/aromatic N) is 2. The summed E-state index contributed by atoms with van der Waals surface area (Å²) in [5.41, 5.74) is 1.95. The van der Waals surface area contributed by atoms with Crippen LogP contribution in [-0.4, -0.2) is 23.4 Å². The molecule has 0 spiro atoms. The van der Waals surface area contributed by atoms with Gasteiger partial charge in [-0.2, -0.15) is 0 Å². The van der Waals surface area contributed by atoms with Gasteiger partial charge in [-0.1, -0.05) is 24.3 Å². The monoisotopic (exact) mass is 324 g/mol. The van der Waals surface area contributed by atoms with Crippen molar-refractivity contribution in [1.82, 2.24) is 10.2 Å². The van der Waals surface area contributed by atoms with Crippen LogP contribution >= 0.6 is 0 Å². The lowest BCUT2D eigenvalue weighted by Gasteiger charge is -2.11. The molecule has 0 aliphatic rings. The van der Waals surface area contributed by atoms with E-state index in [4.69, 9.17) is 13.9 Å². The Hall–Kier alpha value is -2.82. The van der Waals surface area contributed by atoms with Crippen molar-refractivity contribution >= 4 is 0 Å². The van der Waals surface area contributed by atoms with Gasteiger partial charge in [-0.15, -0.1) is 10.2 Å². The van der Waals surface area contributed by atoms with Gasteiger partial charge in [0.1, 0.15) is 0 Å². The van der Waals surface area contributed by atoms with E-state index in [1.165, 1.54) is 0 Å². The second-order valence-corrected chi connectivity index (χ2v) is 5.19. The third-order valence-electron chi connectivity index (χ3n) is 3.45. The second-order valence-electron chi connectivity index (χ2n) is 5.19. The van der Waals surface area contributed by atoms with Crippen molar-refractivity contribution in [2.45, 2.75) is 20.3 Å². The highest BCUT2D eigenvalue weighted by atomic mass is 16.5. The molecule has 1 heterocycles. The summed E-state index contributed by atoms with van der Waals surface area (Å²) >= 11 is 0. The zero-order valence-corrected chi connectivity index (χ0v) is 13.9. The topological polar surface area (TPSA) is 57.4 Å². The predicted octanol–water partition coefficient (Wildman–Crippen LogP) is 4.12. The van der Waals surface area contributed by atoms with Crippen molar-refractivity contribution in [3.8, 4) is 23.0 Å². The van der Waals surface area contributed by atoms with Gasteiger partial charge in [-0.05, 0) is 43.7 Å². The highest BCUT2D eigenvalue weighted by Crippen LogP contribution is 2.29. The van der Waals surface area contributed by atoms with Crippen LogP contribution in [0.4, 0.5) is 0 Å². The maximum Gasteiger partial charge on any atom is 0.247 e. The van der Waals surface area contributed by atoms with E-state index in [9.17, 15) is 0 Å². The Kier molecular flexibility index (Phi) is 5.11. The maximum atomic E-state index is 5.76. The van der Waals surface area contributed by atoms with Gasteiger partial charge in [0.2, 0.25) is 11.8 Å². The molecule has 5 nitrogen and oxygen atoms in total. The Labute approximate surface area is 141 Å². The molecule has 5 heteroatoms. The molecule has 2 aromatic carbocycles. The number of hydrogen-bond acceptors (Lipinski definition) is 5. The normalized spacial score (nSPS) is 10.6. The molecule has 0 amide bonds. The minimum absolute atomic E-state index is 0.529. The summed E-state index contributed by atoms with van der Waals surface area (Å²) in [5, 5.41) is 8.25. The van der Waals surface area contributed by atoms with Crippen LogP contribution in [0.2, 0.25) is 0 Å². The van der Waals surface area contributed by atoms with E-state index in [0.717, 1.165) is 22.6 Å². The Morgan fingerprint density at radius 3 is 2.38 bits per heavy atom. The molecule has 0 bridgehead atoms. The van der Waals surface area contributed by atoms with Gasteiger partial charge in [0, 0.05) is 5.56 Å². The number of ether oxygens (including phenoxy) is 2. The van der Waals surface area contributed by atoms with E-state index in [-0.39, 0.29) is 0 Å². The van der Waals surface area contributed by atoms with Crippen molar-refractivity contribution in [2.24, 2.45) is 0 Å². The van der Waals surface area contributed by atoms with Crippen LogP contribution in [0.25, 0.3) is 11.5 Å². The summed E-state index contributed by atoms with van der Waals surface area (Å²) in [5.74, 6) is 2.58. The van der Waals surface area contributed by atoms with E-state index >= 15 is 0 Å². The largest absolute Gasteiger partial charge is 0.490 e. The Morgan fingerprint density at radius 2 is 1.62 bits per heavy atom. The van der Waals surface area contributed by atoms with Gasteiger partial charge in [-0.25, -0.2) is 0 Å². The lowest BCUT2D eigenvalue weighted by molar-refractivity contribution is 0.287. The first kappa shape index (κ1) is 16.1. The summed E-state index contributed by atoms with van der Waals surface area (Å²) in [7, 11) is 0. The van der Waals surface area contributed by atoms with Crippen LogP contribution in [0.3, 0.4) is 0 Å². The highest BCUT2D eigenvalue weighted by molar-refractivity contribution is 5.51. The average Bonchev–Trinajstić information content (AvgIpc) is 3.07. The second kappa shape index (κ2) is 7.64. The van der Waals surface area contributed by atoms with Crippen molar-refractivity contribution in [3.05, 3.63) is 60.0 Å². The zero-order valence-electron chi connectivity index (χ0n) is 13.9. The standard InChI is InChI=1S/C19H20N2O3/c1-3-22-16-11-10-14(12-17(16)23-4-2)13-18-20-21-19(24-18)15-8-6-5-7-9-15/h5-12H,3-4,13H2,1-2H3. The molecule has 124 valence electrons. The Morgan fingerprint density at radius 1 is 0.875 bits per heavy atom. The van der Waals surface area contributed by atoms with Crippen molar-refractivity contribution in [1.29, 1.82) is 0 Å². The van der Waals surface area contributed by atoms with Crippen LogP contribution in [0.15, 0.2) is 52.9 Å². The smallest absolute Gasteiger partial charge is 0.247 e. The summed E-state index contributed by atoms with van der Waals surface area (Å²) < 4.78 is 17.0. The molecule has 0 unspecified atom stereocenters. The first-order valence-corrected chi connectivity index (χ1v) is 8.06. The van der Waals surface area contributed by atoms with Gasteiger partial charge in [0.15, 0.2) is 11.5 Å². The lowest BCUT2D eigenvalue weighted by atomic mass is 10.1. The van der Waals surface area contributed by atoms with E-state index < -0.39 is 0 Å². The average molecular weight is 324 g/mol. The molecular formula is C19H20N2O3. The van der Waals surface area contributed by atoms with Crippen molar-refractivity contribution in [2.75, 3.05) is 13.2 Å². The highest BCUT2D eigenvalue weighted by Gasteiger charge is 2.11. The number of rotatable bonds is 7. The fourth-order valence-corrected chi connectivity index (χ4v) is 2.40. The number of hydrogen-bond donors (Lipinski definition) is 0. The van der Waals surface area contributed by atoms with Crippen LogP contribution in [0.5, 0.6) is 11.5 Å². The summed E-state index contributed by atoms with van der Waals surface area (Å²) in [6, 6.07) is 15.6. The molecular weight excluding hydrogens is 304 g/mol. The fraction of sp³-hybridized carbons (Fsp3) is 0.263. The quantitative estimate of drug-likeness (QED) is 0.654. The SMILES string of the molecule is CCOc1ccc(Cc2nnc(-c3ccccc3)o2)cc1OCC. The Balaban J connectivity index is 1.79. The van der Waals surface area contributed by atoms with Crippen LogP contribution in [0, 0.1) is 0 Å². The summed E-state index contributed by atoms with van der Waals surface area (Å²) in [4.78, 5) is 0. The molecule has 1 aromatic heterocycles. The van der Waals surface area contributed by atoms with Gasteiger partial charge in [0.05, 0.1) is 19.6 Å². The fourth-order valence-electron chi connectivity index (χ4n) is 2.40.